The number of fused-ring (bicyclic) bond motifs is 1. The van der Waals surface area contributed by atoms with Crippen molar-refractivity contribution in [2.24, 2.45) is 0 Å². The molecule has 0 aromatic heterocycles. The topological polar surface area (TPSA) is 29.5 Å². The summed E-state index contributed by atoms with van der Waals surface area (Å²) in [5, 5.41) is 8.88. The molecule has 0 saturated carbocycles. The zero-order valence-corrected chi connectivity index (χ0v) is 7.38. The minimum Gasteiger partial charge on any atom is -0.486 e. The number of benzene rings is 1. The molecule has 2 nitrogen and oxygen atoms in total. The van der Waals surface area contributed by atoms with Crippen LogP contribution < -0.4 is 4.74 Å². The molecule has 1 heterocycles. The van der Waals surface area contributed by atoms with Gasteiger partial charge in [-0.05, 0) is 12.1 Å². The van der Waals surface area contributed by atoms with Crippen molar-refractivity contribution in [2.45, 2.75) is 11.0 Å². The van der Waals surface area contributed by atoms with Crippen LogP contribution in [-0.4, -0.2) is 23.6 Å². The predicted octanol–water partition coefficient (Wildman–Crippen LogP) is 1.53. The highest BCUT2D eigenvalue weighted by atomic mass is 32.2. The minimum absolute atomic E-state index is 0.0371. The van der Waals surface area contributed by atoms with Crippen LogP contribution in [0.5, 0.6) is 5.75 Å². The van der Waals surface area contributed by atoms with E-state index in [0.29, 0.717) is 0 Å². The molecular formula is C9H10O2S. The fraction of sp³-hybridized carbons (Fsp3) is 0.333. The zero-order chi connectivity index (χ0) is 8.39. The lowest BCUT2D eigenvalue weighted by molar-refractivity contribution is 0.127. The van der Waals surface area contributed by atoms with E-state index in [1.807, 2.05) is 24.3 Å². The summed E-state index contributed by atoms with van der Waals surface area (Å²) >= 11 is 1.74. The molecule has 1 aliphatic heterocycles. The maximum atomic E-state index is 8.88. The zero-order valence-electron chi connectivity index (χ0n) is 6.56. The van der Waals surface area contributed by atoms with E-state index in [0.717, 1.165) is 11.5 Å². The van der Waals surface area contributed by atoms with Crippen LogP contribution in [0.3, 0.4) is 0 Å². The van der Waals surface area contributed by atoms with Crippen LogP contribution in [0.4, 0.5) is 0 Å². The minimum atomic E-state index is -0.0371. The molecule has 0 amide bonds. The molecule has 0 fully saturated rings. The van der Waals surface area contributed by atoms with Gasteiger partial charge < -0.3 is 9.84 Å². The number of ether oxygens (including phenoxy) is 1. The molecule has 0 saturated heterocycles. The summed E-state index contributed by atoms with van der Waals surface area (Å²) in [6, 6.07) is 7.91. The lowest BCUT2D eigenvalue weighted by Crippen LogP contribution is -2.26. The second-order valence-electron chi connectivity index (χ2n) is 2.68. The van der Waals surface area contributed by atoms with Crippen molar-refractivity contribution in [1.82, 2.24) is 0 Å². The number of hydrogen-bond acceptors (Lipinski definition) is 3. The van der Waals surface area contributed by atoms with E-state index < -0.39 is 0 Å². The van der Waals surface area contributed by atoms with Crippen LogP contribution in [0, 0.1) is 0 Å². The fourth-order valence-corrected chi connectivity index (χ4v) is 2.13. The summed E-state index contributed by atoms with van der Waals surface area (Å²) in [7, 11) is 0. The Kier molecular flexibility index (Phi) is 2.23. The predicted molar refractivity (Wildman–Crippen MR) is 48.7 cm³/mol. The first-order chi connectivity index (χ1) is 5.90. The maximum absolute atomic E-state index is 8.88. The molecule has 1 unspecified atom stereocenters. The fourth-order valence-electron chi connectivity index (χ4n) is 1.15. The van der Waals surface area contributed by atoms with Gasteiger partial charge in [0.05, 0.1) is 6.61 Å². The van der Waals surface area contributed by atoms with Crippen molar-refractivity contribution in [3.63, 3.8) is 0 Å². The first-order valence-corrected chi connectivity index (χ1v) is 4.88. The number of thioether (sulfide) groups is 1. The lowest BCUT2D eigenvalue weighted by Gasteiger charge is -2.23. The molecule has 3 heteroatoms. The lowest BCUT2D eigenvalue weighted by atomic mass is 10.3. The summed E-state index contributed by atoms with van der Waals surface area (Å²) < 4.78 is 5.51. The Morgan fingerprint density at radius 3 is 3.17 bits per heavy atom. The highest BCUT2D eigenvalue weighted by molar-refractivity contribution is 7.99. The monoisotopic (exact) mass is 182 g/mol. The normalized spacial score (nSPS) is 21.2. The molecular weight excluding hydrogens is 172 g/mol. The molecule has 1 aliphatic rings. The van der Waals surface area contributed by atoms with Gasteiger partial charge in [-0.15, -0.1) is 11.8 Å². The number of aliphatic hydroxyl groups is 1. The number of para-hydroxylation sites is 1. The molecule has 12 heavy (non-hydrogen) atoms. The molecule has 0 aliphatic carbocycles. The standard InChI is InChI=1S/C9H10O2S/c10-5-7-6-12-9-4-2-1-3-8(9)11-7/h1-4,7,10H,5-6H2. The van der Waals surface area contributed by atoms with Gasteiger partial charge in [-0.2, -0.15) is 0 Å². The molecule has 1 atom stereocenters. The van der Waals surface area contributed by atoms with Crippen molar-refractivity contribution >= 4 is 11.8 Å². The van der Waals surface area contributed by atoms with Gasteiger partial charge in [0.25, 0.3) is 0 Å². The Morgan fingerprint density at radius 2 is 2.33 bits per heavy atom. The molecule has 64 valence electrons. The third-order valence-corrected chi connectivity index (χ3v) is 2.96. The Morgan fingerprint density at radius 1 is 1.50 bits per heavy atom. The van der Waals surface area contributed by atoms with Crippen LogP contribution in [0.1, 0.15) is 0 Å². The van der Waals surface area contributed by atoms with Gasteiger partial charge in [-0.3, -0.25) is 0 Å². The summed E-state index contributed by atoms with van der Waals surface area (Å²) in [5.41, 5.74) is 0. The van der Waals surface area contributed by atoms with Gasteiger partial charge in [-0.1, -0.05) is 12.1 Å². The summed E-state index contributed by atoms with van der Waals surface area (Å²) in [5.74, 6) is 1.74. The average Bonchev–Trinajstić information content (AvgIpc) is 2.17. The van der Waals surface area contributed by atoms with Crippen LogP contribution in [-0.2, 0) is 0 Å². The highest BCUT2D eigenvalue weighted by Gasteiger charge is 2.18. The Hall–Kier alpha value is -0.670. The van der Waals surface area contributed by atoms with E-state index in [-0.39, 0.29) is 12.7 Å². The van der Waals surface area contributed by atoms with Gasteiger partial charge in [0.1, 0.15) is 11.9 Å². The van der Waals surface area contributed by atoms with E-state index in [9.17, 15) is 0 Å². The van der Waals surface area contributed by atoms with E-state index in [2.05, 4.69) is 0 Å². The van der Waals surface area contributed by atoms with Gasteiger partial charge in [0.15, 0.2) is 0 Å². The van der Waals surface area contributed by atoms with Crippen LogP contribution in [0.25, 0.3) is 0 Å². The van der Waals surface area contributed by atoms with E-state index in [1.54, 1.807) is 11.8 Å². The Balaban J connectivity index is 2.23. The van der Waals surface area contributed by atoms with Crippen molar-refractivity contribution in [3.05, 3.63) is 24.3 Å². The first kappa shape index (κ1) is 7.95. The molecule has 1 aromatic rings. The average molecular weight is 182 g/mol. The quantitative estimate of drug-likeness (QED) is 0.714. The smallest absolute Gasteiger partial charge is 0.133 e. The summed E-state index contributed by atoms with van der Waals surface area (Å²) in [6.45, 7) is 0.0985. The third kappa shape index (κ3) is 1.42. The number of hydrogen-bond donors (Lipinski definition) is 1. The van der Waals surface area contributed by atoms with Crippen LogP contribution in [0.15, 0.2) is 29.2 Å². The Labute approximate surface area is 75.6 Å². The molecule has 0 spiro atoms. The van der Waals surface area contributed by atoms with Crippen molar-refractivity contribution in [1.29, 1.82) is 0 Å². The molecule has 1 aromatic carbocycles. The SMILES string of the molecule is OCC1CSc2ccccc2O1. The summed E-state index contributed by atoms with van der Waals surface area (Å²) in [6.07, 6.45) is -0.0371. The molecule has 0 radical (unpaired) electrons. The molecule has 2 rings (SSSR count). The van der Waals surface area contributed by atoms with Gasteiger partial charge >= 0.3 is 0 Å². The van der Waals surface area contributed by atoms with E-state index in [4.69, 9.17) is 9.84 Å². The van der Waals surface area contributed by atoms with Gasteiger partial charge in [0.2, 0.25) is 0 Å². The number of rotatable bonds is 1. The second-order valence-corrected chi connectivity index (χ2v) is 3.74. The van der Waals surface area contributed by atoms with Gasteiger partial charge in [-0.25, -0.2) is 0 Å². The third-order valence-electron chi connectivity index (χ3n) is 1.77. The maximum Gasteiger partial charge on any atom is 0.133 e. The number of aliphatic hydroxyl groups excluding tert-OH is 1. The van der Waals surface area contributed by atoms with Crippen LogP contribution in [0.2, 0.25) is 0 Å². The molecule has 1 N–H and O–H groups in total. The van der Waals surface area contributed by atoms with Crippen molar-refractivity contribution in [3.8, 4) is 5.75 Å². The second kappa shape index (κ2) is 3.37. The molecule has 0 bridgehead atoms. The van der Waals surface area contributed by atoms with Gasteiger partial charge in [0, 0.05) is 10.6 Å². The van der Waals surface area contributed by atoms with Crippen molar-refractivity contribution in [2.75, 3.05) is 12.4 Å². The van der Waals surface area contributed by atoms with Crippen LogP contribution >= 0.6 is 11.8 Å². The van der Waals surface area contributed by atoms with E-state index in [1.165, 1.54) is 4.90 Å². The van der Waals surface area contributed by atoms with E-state index >= 15 is 0 Å². The van der Waals surface area contributed by atoms with Crippen molar-refractivity contribution < 1.29 is 9.84 Å². The highest BCUT2D eigenvalue weighted by Crippen LogP contribution is 2.34. The largest absolute Gasteiger partial charge is 0.486 e. The Bertz CT molecular complexity index is 275. The summed E-state index contributed by atoms with van der Waals surface area (Å²) in [4.78, 5) is 1.17. The first-order valence-electron chi connectivity index (χ1n) is 3.89.